The number of H-pyrrole nitrogens is 1. The zero-order chi connectivity index (χ0) is 34.4. The first kappa shape index (κ1) is 34.2. The number of aromatic amines is 1. The van der Waals surface area contributed by atoms with Gasteiger partial charge in [0, 0.05) is 30.0 Å². The molecular formula is C37H43N5O6. The lowest BCUT2D eigenvalue weighted by atomic mass is 9.81. The van der Waals surface area contributed by atoms with Gasteiger partial charge in [0.2, 0.25) is 11.8 Å². The molecule has 11 heteroatoms. The number of nitrogens with zero attached hydrogens (tertiary/aromatic N) is 1. The summed E-state index contributed by atoms with van der Waals surface area (Å²) in [6.07, 6.45) is 4.42. The summed E-state index contributed by atoms with van der Waals surface area (Å²) in [5.74, 6) is -1.46. The van der Waals surface area contributed by atoms with E-state index >= 15 is 0 Å². The average molecular weight is 654 g/mol. The number of benzene rings is 3. The van der Waals surface area contributed by atoms with Crippen molar-refractivity contribution in [2.24, 2.45) is 11.8 Å². The van der Waals surface area contributed by atoms with E-state index in [4.69, 9.17) is 4.74 Å². The Morgan fingerprint density at radius 3 is 2.38 bits per heavy atom. The maximum Gasteiger partial charge on any atom is 0.407 e. The van der Waals surface area contributed by atoms with E-state index in [1.165, 1.54) is 0 Å². The molecule has 0 spiro atoms. The van der Waals surface area contributed by atoms with Crippen LogP contribution >= 0.6 is 0 Å². The molecular weight excluding hydrogens is 610 g/mol. The van der Waals surface area contributed by atoms with E-state index in [1.54, 1.807) is 36.5 Å². The SMILES string of the molecule is Cc1cc(C(=O)O)ccc1-c1ccc(CC(NC(=O)C2CCC(CNC(=O)OC(C)(C)C)CC2)C(=O)Nc2ccc3cn[nH]c3c2)cc1. The smallest absolute Gasteiger partial charge is 0.407 e. The quantitative estimate of drug-likeness (QED) is 0.135. The predicted molar refractivity (Wildman–Crippen MR) is 184 cm³/mol. The molecule has 3 amide bonds. The van der Waals surface area contributed by atoms with Crippen molar-refractivity contribution >= 4 is 40.5 Å². The number of aromatic carboxylic acids is 1. The number of carbonyl (C=O) groups is 4. The largest absolute Gasteiger partial charge is 0.478 e. The Hall–Kier alpha value is -5.19. The molecule has 1 aromatic heterocycles. The maximum absolute atomic E-state index is 13.7. The maximum atomic E-state index is 13.7. The summed E-state index contributed by atoms with van der Waals surface area (Å²) in [5, 5.41) is 26.0. The Balaban J connectivity index is 1.25. The van der Waals surface area contributed by atoms with Crippen molar-refractivity contribution in [2.45, 2.75) is 71.4 Å². The molecule has 3 aromatic carbocycles. The van der Waals surface area contributed by atoms with Crippen molar-refractivity contribution in [1.29, 1.82) is 0 Å². The number of carboxylic acids is 1. The van der Waals surface area contributed by atoms with Crippen LogP contribution in [0.15, 0.2) is 66.9 Å². The second-order valence-corrected chi connectivity index (χ2v) is 13.6. The van der Waals surface area contributed by atoms with Gasteiger partial charge in [-0.3, -0.25) is 14.7 Å². The predicted octanol–water partition coefficient (Wildman–Crippen LogP) is 6.23. The molecule has 1 fully saturated rings. The number of aromatic nitrogens is 2. The van der Waals surface area contributed by atoms with Crippen LogP contribution in [-0.2, 0) is 20.7 Å². The molecule has 0 saturated heterocycles. The standard InChI is InChI=1S/C37H43N5O6/c1-22-17-27(35(45)46)14-16-30(22)25-9-5-23(6-10-25)18-32(34(44)40-29-15-13-28-21-39-42-31(28)19-29)41-33(43)26-11-7-24(8-12-26)20-38-36(47)48-37(2,3)4/h5-6,9-10,13-17,19,21,24,26,32H,7-8,11-12,18,20H2,1-4H3,(H,38,47)(H,39,42)(H,40,44)(H,41,43)(H,45,46). The van der Waals surface area contributed by atoms with Crippen LogP contribution in [0.1, 0.15) is 67.9 Å². The molecule has 1 aliphatic carbocycles. The van der Waals surface area contributed by atoms with E-state index in [0.29, 0.717) is 25.1 Å². The van der Waals surface area contributed by atoms with Crippen molar-refractivity contribution in [2.75, 3.05) is 11.9 Å². The van der Waals surface area contributed by atoms with Gasteiger partial charge in [0.25, 0.3) is 0 Å². The number of alkyl carbamates (subject to hydrolysis) is 1. The number of rotatable bonds is 10. The van der Waals surface area contributed by atoms with E-state index in [1.807, 2.05) is 58.0 Å². The van der Waals surface area contributed by atoms with Crippen molar-refractivity contribution in [3.8, 4) is 11.1 Å². The highest BCUT2D eigenvalue weighted by Gasteiger charge is 2.30. The number of fused-ring (bicyclic) bond motifs is 1. The highest BCUT2D eigenvalue weighted by atomic mass is 16.6. The van der Waals surface area contributed by atoms with Crippen LogP contribution in [0.25, 0.3) is 22.0 Å². The second kappa shape index (κ2) is 14.7. The van der Waals surface area contributed by atoms with Gasteiger partial charge in [0.1, 0.15) is 11.6 Å². The molecule has 1 heterocycles. The third-order valence-corrected chi connectivity index (χ3v) is 8.67. The minimum Gasteiger partial charge on any atom is -0.478 e. The number of ether oxygens (including phenoxy) is 1. The van der Waals surface area contributed by atoms with Gasteiger partial charge in [-0.05, 0) is 112 Å². The number of nitrogens with one attached hydrogen (secondary N) is 4. The Kier molecular flexibility index (Phi) is 10.5. The van der Waals surface area contributed by atoms with E-state index in [0.717, 1.165) is 46.0 Å². The minimum absolute atomic E-state index is 0.163. The van der Waals surface area contributed by atoms with E-state index in [-0.39, 0.29) is 35.6 Å². The number of carbonyl (C=O) groups excluding carboxylic acids is 3. The molecule has 0 bridgehead atoms. The van der Waals surface area contributed by atoms with Crippen LogP contribution in [0.5, 0.6) is 0 Å². The second-order valence-electron chi connectivity index (χ2n) is 13.6. The monoisotopic (exact) mass is 653 g/mol. The Morgan fingerprint density at radius 2 is 1.71 bits per heavy atom. The van der Waals surface area contributed by atoms with Gasteiger partial charge in [0.15, 0.2) is 0 Å². The van der Waals surface area contributed by atoms with Crippen LogP contribution in [0.3, 0.4) is 0 Å². The molecule has 5 rings (SSSR count). The highest BCUT2D eigenvalue weighted by molar-refractivity contribution is 5.99. The molecule has 4 aromatic rings. The van der Waals surface area contributed by atoms with Crippen LogP contribution < -0.4 is 16.0 Å². The molecule has 11 nitrogen and oxygen atoms in total. The Bertz CT molecular complexity index is 1780. The van der Waals surface area contributed by atoms with Crippen molar-refractivity contribution in [3.63, 3.8) is 0 Å². The first-order valence-electron chi connectivity index (χ1n) is 16.3. The van der Waals surface area contributed by atoms with Crippen LogP contribution in [-0.4, -0.2) is 57.4 Å². The van der Waals surface area contributed by atoms with Gasteiger partial charge >= 0.3 is 12.1 Å². The van der Waals surface area contributed by atoms with Gasteiger partial charge in [-0.15, -0.1) is 0 Å². The van der Waals surface area contributed by atoms with Crippen molar-refractivity contribution < 1.29 is 29.0 Å². The van der Waals surface area contributed by atoms with Crippen LogP contribution in [0.2, 0.25) is 0 Å². The molecule has 1 unspecified atom stereocenters. The molecule has 48 heavy (non-hydrogen) atoms. The lowest BCUT2D eigenvalue weighted by molar-refractivity contribution is -0.130. The Labute approximate surface area is 279 Å². The normalized spacial score (nSPS) is 16.9. The summed E-state index contributed by atoms with van der Waals surface area (Å²) < 4.78 is 5.33. The fraction of sp³-hybridized carbons (Fsp3) is 0.378. The lowest BCUT2D eigenvalue weighted by Gasteiger charge is -2.29. The summed E-state index contributed by atoms with van der Waals surface area (Å²) in [6.45, 7) is 7.83. The molecule has 1 atom stereocenters. The molecule has 0 radical (unpaired) electrons. The number of hydrogen-bond acceptors (Lipinski definition) is 6. The molecule has 252 valence electrons. The van der Waals surface area contributed by atoms with E-state index in [2.05, 4.69) is 26.1 Å². The first-order chi connectivity index (χ1) is 22.8. The van der Waals surface area contributed by atoms with Crippen molar-refractivity contribution in [1.82, 2.24) is 20.8 Å². The molecule has 1 saturated carbocycles. The third-order valence-electron chi connectivity index (χ3n) is 8.67. The lowest BCUT2D eigenvalue weighted by Crippen LogP contribution is -2.48. The zero-order valence-corrected chi connectivity index (χ0v) is 27.8. The van der Waals surface area contributed by atoms with Gasteiger partial charge < -0.3 is 25.8 Å². The average Bonchev–Trinajstić information content (AvgIpc) is 3.51. The number of anilines is 1. The molecule has 0 aliphatic heterocycles. The fourth-order valence-corrected chi connectivity index (χ4v) is 6.09. The summed E-state index contributed by atoms with van der Waals surface area (Å²) in [4.78, 5) is 50.6. The highest BCUT2D eigenvalue weighted by Crippen LogP contribution is 2.29. The summed E-state index contributed by atoms with van der Waals surface area (Å²) >= 11 is 0. The van der Waals surface area contributed by atoms with E-state index < -0.39 is 23.7 Å². The number of hydrogen-bond donors (Lipinski definition) is 5. The summed E-state index contributed by atoms with van der Waals surface area (Å²) in [7, 11) is 0. The van der Waals surface area contributed by atoms with Crippen LogP contribution in [0, 0.1) is 18.8 Å². The number of amides is 3. The number of aryl methyl sites for hydroxylation is 1. The van der Waals surface area contributed by atoms with E-state index in [9.17, 15) is 24.3 Å². The summed E-state index contributed by atoms with van der Waals surface area (Å²) in [5.41, 5.74) is 4.58. The fourth-order valence-electron chi connectivity index (χ4n) is 6.09. The third kappa shape index (κ3) is 8.99. The Morgan fingerprint density at radius 1 is 0.979 bits per heavy atom. The van der Waals surface area contributed by atoms with Gasteiger partial charge in [-0.2, -0.15) is 5.10 Å². The molecule has 1 aliphatic rings. The van der Waals surface area contributed by atoms with Gasteiger partial charge in [0.05, 0.1) is 17.3 Å². The van der Waals surface area contributed by atoms with Gasteiger partial charge in [-0.1, -0.05) is 30.3 Å². The minimum atomic E-state index is -0.973. The number of carboxylic acid groups (broad SMARTS) is 1. The first-order valence-corrected chi connectivity index (χ1v) is 16.3. The molecule has 5 N–H and O–H groups in total. The summed E-state index contributed by atoms with van der Waals surface area (Å²) in [6, 6.07) is 17.4. The van der Waals surface area contributed by atoms with Gasteiger partial charge in [-0.25, -0.2) is 9.59 Å². The van der Waals surface area contributed by atoms with Crippen LogP contribution in [0.4, 0.5) is 10.5 Å². The van der Waals surface area contributed by atoms with Crippen molar-refractivity contribution in [3.05, 3.63) is 83.6 Å². The topological polar surface area (TPSA) is 163 Å². The zero-order valence-electron chi connectivity index (χ0n) is 27.8.